The maximum Gasteiger partial charge on any atom is 0.325 e. The molecule has 84 valence electrons. The summed E-state index contributed by atoms with van der Waals surface area (Å²) in [6.07, 6.45) is 1.33. The zero-order chi connectivity index (χ0) is 11.8. The smallest absolute Gasteiger partial charge is 0.325 e. The van der Waals surface area contributed by atoms with Gasteiger partial charge in [-0.2, -0.15) is 4.99 Å². The Morgan fingerprint density at radius 3 is 2.47 bits per heavy atom. The fourth-order valence-corrected chi connectivity index (χ4v) is 0.903. The van der Waals surface area contributed by atoms with Crippen LogP contribution in [0.1, 0.15) is 13.8 Å². The number of ether oxygens (including phenoxy) is 1. The van der Waals surface area contributed by atoms with Crippen LogP contribution in [0.15, 0.2) is 4.99 Å². The van der Waals surface area contributed by atoms with E-state index in [-0.39, 0.29) is 12.5 Å². The van der Waals surface area contributed by atoms with Gasteiger partial charge in [0.1, 0.15) is 12.6 Å². The third-order valence-electron chi connectivity index (χ3n) is 1.73. The lowest BCUT2D eigenvalue weighted by molar-refractivity contribution is -0.141. The summed E-state index contributed by atoms with van der Waals surface area (Å²) in [4.78, 5) is 35.5. The Balaban J connectivity index is 4.27. The fraction of sp³-hybridized carbons (Fsp3) is 0.667. The van der Waals surface area contributed by atoms with E-state index in [2.05, 4.69) is 15.0 Å². The molecule has 0 aromatic carbocycles. The first kappa shape index (κ1) is 13.3. The topological polar surface area (TPSA) is 84.8 Å². The van der Waals surface area contributed by atoms with E-state index in [1.54, 1.807) is 13.8 Å². The van der Waals surface area contributed by atoms with Gasteiger partial charge in [0.2, 0.25) is 12.0 Å². The van der Waals surface area contributed by atoms with E-state index >= 15 is 0 Å². The van der Waals surface area contributed by atoms with Crippen LogP contribution in [0.25, 0.3) is 0 Å². The van der Waals surface area contributed by atoms with Crippen LogP contribution < -0.4 is 5.32 Å². The van der Waals surface area contributed by atoms with Crippen LogP contribution in [0.2, 0.25) is 0 Å². The SMILES string of the molecule is COC(=O)CNC(=O)[C@@H](N=C=O)C(C)C. The third kappa shape index (κ3) is 4.93. The summed E-state index contributed by atoms with van der Waals surface area (Å²) in [5, 5.41) is 2.31. The minimum atomic E-state index is -0.813. The molecule has 0 rings (SSSR count). The highest BCUT2D eigenvalue weighted by atomic mass is 16.5. The molecule has 0 bridgehead atoms. The van der Waals surface area contributed by atoms with Crippen LogP contribution in [0, 0.1) is 5.92 Å². The van der Waals surface area contributed by atoms with Crippen LogP contribution in [0.3, 0.4) is 0 Å². The summed E-state index contributed by atoms with van der Waals surface area (Å²) in [6, 6.07) is -0.813. The number of nitrogens with zero attached hydrogens (tertiary/aromatic N) is 1. The van der Waals surface area contributed by atoms with Gasteiger partial charge in [0.15, 0.2) is 0 Å². The van der Waals surface area contributed by atoms with E-state index in [1.165, 1.54) is 13.2 Å². The zero-order valence-electron chi connectivity index (χ0n) is 8.94. The molecule has 0 radical (unpaired) electrons. The average molecular weight is 214 g/mol. The standard InChI is InChI=1S/C9H14N2O4/c1-6(2)8(11-5-12)9(14)10-4-7(13)15-3/h6,8H,4H2,1-3H3,(H,10,14)/t8-/m0/s1. The maximum absolute atomic E-state index is 11.4. The summed E-state index contributed by atoms with van der Waals surface area (Å²) in [7, 11) is 1.22. The lowest BCUT2D eigenvalue weighted by atomic mass is 10.0. The molecule has 0 spiro atoms. The van der Waals surface area contributed by atoms with Gasteiger partial charge in [0.25, 0.3) is 0 Å². The number of isocyanates is 1. The van der Waals surface area contributed by atoms with Crippen molar-refractivity contribution in [3.8, 4) is 0 Å². The van der Waals surface area contributed by atoms with Gasteiger partial charge >= 0.3 is 5.97 Å². The number of esters is 1. The number of carbonyl (C=O) groups is 2. The Morgan fingerprint density at radius 1 is 1.47 bits per heavy atom. The minimum Gasteiger partial charge on any atom is -0.468 e. The number of hydrogen-bond donors (Lipinski definition) is 1. The molecule has 0 aliphatic rings. The summed E-state index contributed by atoms with van der Waals surface area (Å²) in [6.45, 7) is 3.25. The molecule has 1 atom stereocenters. The van der Waals surface area contributed by atoms with Gasteiger partial charge in [-0.15, -0.1) is 0 Å². The van der Waals surface area contributed by atoms with E-state index in [9.17, 15) is 14.4 Å². The Kier molecular flexibility index (Phi) is 5.97. The van der Waals surface area contributed by atoms with Crippen molar-refractivity contribution in [1.29, 1.82) is 0 Å². The minimum absolute atomic E-state index is 0.135. The van der Waals surface area contributed by atoms with Gasteiger partial charge in [0.05, 0.1) is 7.11 Å². The van der Waals surface area contributed by atoms with Crippen LogP contribution in [0.4, 0.5) is 0 Å². The second kappa shape index (κ2) is 6.73. The van der Waals surface area contributed by atoms with Gasteiger partial charge in [-0.25, -0.2) is 4.79 Å². The number of aliphatic imine (C=N–C) groups is 1. The molecule has 1 amide bonds. The second-order valence-electron chi connectivity index (χ2n) is 3.20. The maximum atomic E-state index is 11.4. The Hall–Kier alpha value is -1.68. The number of amides is 1. The molecule has 0 saturated heterocycles. The van der Waals surface area contributed by atoms with E-state index in [4.69, 9.17) is 0 Å². The van der Waals surface area contributed by atoms with Crippen molar-refractivity contribution in [2.75, 3.05) is 13.7 Å². The van der Waals surface area contributed by atoms with Crippen molar-refractivity contribution in [3.05, 3.63) is 0 Å². The molecule has 0 unspecified atom stereocenters. The Morgan fingerprint density at radius 2 is 2.07 bits per heavy atom. The molecule has 15 heavy (non-hydrogen) atoms. The molecule has 0 fully saturated rings. The van der Waals surface area contributed by atoms with E-state index in [0.29, 0.717) is 0 Å². The normalized spacial score (nSPS) is 11.5. The predicted octanol–water partition coefficient (Wildman–Crippen LogP) is -0.364. The highest BCUT2D eigenvalue weighted by Crippen LogP contribution is 2.05. The molecule has 0 aliphatic heterocycles. The number of hydrogen-bond acceptors (Lipinski definition) is 5. The first-order valence-electron chi connectivity index (χ1n) is 4.44. The number of nitrogens with one attached hydrogen (secondary N) is 1. The van der Waals surface area contributed by atoms with Gasteiger partial charge in [-0.3, -0.25) is 9.59 Å². The molecule has 0 heterocycles. The highest BCUT2D eigenvalue weighted by Gasteiger charge is 2.21. The lowest BCUT2D eigenvalue weighted by Gasteiger charge is -2.13. The zero-order valence-corrected chi connectivity index (χ0v) is 8.94. The van der Waals surface area contributed by atoms with Crippen molar-refractivity contribution >= 4 is 18.0 Å². The number of carbonyl (C=O) groups excluding carboxylic acids is 3. The van der Waals surface area contributed by atoms with Crippen molar-refractivity contribution in [2.24, 2.45) is 10.9 Å². The molecule has 6 heteroatoms. The highest BCUT2D eigenvalue weighted by molar-refractivity contribution is 5.86. The number of rotatable bonds is 5. The molecule has 0 aromatic rings. The molecule has 0 saturated carbocycles. The fourth-order valence-electron chi connectivity index (χ4n) is 0.903. The average Bonchev–Trinajstić information content (AvgIpc) is 2.21. The quantitative estimate of drug-likeness (QED) is 0.384. The summed E-state index contributed by atoms with van der Waals surface area (Å²) in [5.74, 6) is -1.18. The van der Waals surface area contributed by atoms with E-state index < -0.39 is 17.9 Å². The summed E-state index contributed by atoms with van der Waals surface area (Å²) >= 11 is 0. The van der Waals surface area contributed by atoms with E-state index in [0.717, 1.165) is 0 Å². The van der Waals surface area contributed by atoms with Crippen molar-refractivity contribution in [3.63, 3.8) is 0 Å². The summed E-state index contributed by atoms with van der Waals surface area (Å²) < 4.78 is 4.34. The van der Waals surface area contributed by atoms with Crippen molar-refractivity contribution in [1.82, 2.24) is 5.32 Å². The molecular weight excluding hydrogens is 200 g/mol. The van der Waals surface area contributed by atoms with E-state index in [1.807, 2.05) is 0 Å². The van der Waals surface area contributed by atoms with Gasteiger partial charge in [-0.1, -0.05) is 13.8 Å². The molecule has 1 N–H and O–H groups in total. The largest absolute Gasteiger partial charge is 0.468 e. The van der Waals surface area contributed by atoms with Gasteiger partial charge < -0.3 is 10.1 Å². The molecule has 0 aliphatic carbocycles. The second-order valence-corrected chi connectivity index (χ2v) is 3.20. The van der Waals surface area contributed by atoms with Crippen LogP contribution >= 0.6 is 0 Å². The monoisotopic (exact) mass is 214 g/mol. The van der Waals surface area contributed by atoms with Crippen molar-refractivity contribution in [2.45, 2.75) is 19.9 Å². The predicted molar refractivity (Wildman–Crippen MR) is 51.8 cm³/mol. The third-order valence-corrected chi connectivity index (χ3v) is 1.73. The van der Waals surface area contributed by atoms with Crippen LogP contribution in [-0.4, -0.2) is 37.7 Å². The molecular formula is C9H14N2O4. The molecule has 0 aromatic heterocycles. The Bertz CT molecular complexity index is 282. The first-order chi connectivity index (χ1) is 7.02. The number of methoxy groups -OCH3 is 1. The molecule has 6 nitrogen and oxygen atoms in total. The Labute approximate surface area is 87.7 Å². The first-order valence-corrected chi connectivity index (χ1v) is 4.44. The van der Waals surface area contributed by atoms with Crippen LogP contribution in [-0.2, 0) is 19.1 Å². The van der Waals surface area contributed by atoms with Crippen LogP contribution in [0.5, 0.6) is 0 Å². The summed E-state index contributed by atoms with van der Waals surface area (Å²) in [5.41, 5.74) is 0. The van der Waals surface area contributed by atoms with Crippen molar-refractivity contribution < 1.29 is 19.1 Å². The van der Waals surface area contributed by atoms with Gasteiger partial charge in [-0.05, 0) is 5.92 Å². The van der Waals surface area contributed by atoms with Gasteiger partial charge in [0, 0.05) is 0 Å². The lowest BCUT2D eigenvalue weighted by Crippen LogP contribution is -2.39.